The molecular weight excluding hydrogens is 900 g/mol. The maximum Gasteiger partial charge on any atom is 0.509 e. The van der Waals surface area contributed by atoms with Gasteiger partial charge in [-0.15, -0.1) is 0 Å². The topological polar surface area (TPSA) is 246 Å². The van der Waals surface area contributed by atoms with Gasteiger partial charge in [0.25, 0.3) is 0 Å². The zero-order valence-corrected chi connectivity index (χ0v) is 41.2. The van der Waals surface area contributed by atoms with E-state index in [4.69, 9.17) is 102 Å². The van der Waals surface area contributed by atoms with Crippen molar-refractivity contribution in [3.63, 3.8) is 0 Å². The first-order valence-corrected chi connectivity index (χ1v) is 24.2. The number of rotatable bonds is 21. The molecule has 0 aromatic rings. The Morgan fingerprint density at radius 1 is 0.456 bits per heavy atom. The van der Waals surface area contributed by atoms with Crippen LogP contribution in [0.4, 0.5) is 4.79 Å². The summed E-state index contributed by atoms with van der Waals surface area (Å²) in [5, 5.41) is 19.5. The number of fused-ring (bicyclic) bond motifs is 1. The van der Waals surface area contributed by atoms with Crippen molar-refractivity contribution < 1.29 is 101 Å². The fourth-order valence-corrected chi connectivity index (χ4v) is 10.7. The van der Waals surface area contributed by atoms with E-state index < -0.39 is 129 Å². The number of methoxy groups -OCH3 is 3. The van der Waals surface area contributed by atoms with Crippen LogP contribution < -0.4 is 0 Å². The SMILES string of the molecule is [3H]OCC1O[C@@H](O[C@@H]2C(OC)[C@H](O[C@H]3C(CO[3H])OC=C[C@H]3OC)OC(CO[3H])[C@@H]2OC)C(C)[C@@H](O[C@@H]2OC(CO[3H])[C@@H]3OC(=O)O[C@@H]3C2O[C@@H]2OC(C)[C@H](C)[C@@H](C)C2C)[C@H]1O[C@H]1O[C@@H](C)[C@@H](C)C(C)C1C. The maximum absolute atomic E-state index is 13.0. The van der Waals surface area contributed by atoms with Crippen LogP contribution in [0.15, 0.2) is 12.3 Å². The standard InChI is InChI=1S/C47H78O21/c1-19-21(3)26(8)57-42(23(19)5)64-36-31(17-50)59-44(65-38-35(54-11)30(16-49)60-45(40(38)55-12)63-34-28(53-10)13-14-56-29(34)15-48)25(7)33(36)62-46-41(39-37(32(18-51)61-46)67-47(52)68-39)66-43-24(6)20(2)22(4)27(9)58-43/h13-14,19-46,48-51H,15-18H2,1-12H3/t19?,20-,21+,22-,23?,24?,25?,26+,27?,28-,29?,30?,31?,32?,33-,34-,35+,36+,37+,38+,39+,40?,41?,42-,43+,44+,45+,46+/m1/s1/i48T,49T,50T,51T. The summed E-state index contributed by atoms with van der Waals surface area (Å²) in [6, 6.07) is 0. The average Bonchev–Trinajstić information content (AvgIpc) is 3.76. The summed E-state index contributed by atoms with van der Waals surface area (Å²) in [5.74, 6) is -0.254. The van der Waals surface area contributed by atoms with Crippen molar-refractivity contribution in [2.75, 3.05) is 47.8 Å². The summed E-state index contributed by atoms with van der Waals surface area (Å²) >= 11 is 0. The number of hydrogen-bond donors (Lipinski definition) is 4. The summed E-state index contributed by atoms with van der Waals surface area (Å²) in [6.07, 6.45) is -17.6. The van der Waals surface area contributed by atoms with E-state index in [0.717, 1.165) is 0 Å². The molecule has 0 aromatic heterocycles. The molecule has 6 saturated heterocycles. The normalized spacial score (nSPS) is 51.6. The third-order valence-corrected chi connectivity index (χ3v) is 16.1. The fraction of sp³-hybridized carbons (Fsp3) is 0.936. The smallest absolute Gasteiger partial charge is 0.493 e. The van der Waals surface area contributed by atoms with Crippen LogP contribution in [0.1, 0.15) is 62.3 Å². The second-order valence-corrected chi connectivity index (χ2v) is 19.8. The molecule has 28 atom stereocenters. The van der Waals surface area contributed by atoms with Crippen molar-refractivity contribution in [3.05, 3.63) is 12.3 Å². The van der Waals surface area contributed by atoms with Gasteiger partial charge in [-0.2, -0.15) is 0 Å². The summed E-state index contributed by atoms with van der Waals surface area (Å²) in [6.45, 7) is 17.3. The minimum Gasteiger partial charge on any atom is -0.493 e. The first kappa shape index (κ1) is 48.4. The zero-order chi connectivity index (χ0) is 52.1. The summed E-state index contributed by atoms with van der Waals surface area (Å²) in [4.78, 5) is 13.0. The highest BCUT2D eigenvalue weighted by Crippen LogP contribution is 2.44. The molecule has 11 unspecified atom stereocenters. The predicted molar refractivity (Wildman–Crippen MR) is 233 cm³/mol. The first-order chi connectivity index (χ1) is 34.5. The molecule has 21 heteroatoms. The van der Waals surface area contributed by atoms with Crippen LogP contribution in [0.3, 0.4) is 0 Å². The highest BCUT2D eigenvalue weighted by molar-refractivity contribution is 5.63. The van der Waals surface area contributed by atoms with E-state index in [1.807, 2.05) is 34.6 Å². The molecule has 4 N–H and O–H groups in total. The Balaban J connectivity index is 1.27. The third-order valence-electron chi connectivity index (χ3n) is 16.1. The summed E-state index contributed by atoms with van der Waals surface area (Å²) < 4.78 is 134. The minimum absolute atomic E-state index is 0.110. The van der Waals surface area contributed by atoms with E-state index in [2.05, 4.69) is 27.7 Å². The number of carbonyl (C=O) groups excluding carboxylic acids is 1. The number of carbonyl (C=O) groups is 1. The van der Waals surface area contributed by atoms with E-state index >= 15 is 0 Å². The number of hydrogen-bond acceptors (Lipinski definition) is 21. The molecular formula is C47H78O21. The van der Waals surface area contributed by atoms with Crippen molar-refractivity contribution in [2.24, 2.45) is 41.4 Å². The Morgan fingerprint density at radius 3 is 1.53 bits per heavy atom. The molecule has 0 aliphatic carbocycles. The Bertz CT molecular complexity index is 1720. The molecule has 392 valence electrons. The van der Waals surface area contributed by atoms with Crippen molar-refractivity contribution in [1.29, 1.82) is 5.72 Å². The number of aliphatic hydroxyl groups is 4. The van der Waals surface area contributed by atoms with Gasteiger partial charge in [-0.1, -0.05) is 48.5 Å². The lowest BCUT2D eigenvalue weighted by molar-refractivity contribution is -0.397. The van der Waals surface area contributed by atoms with Crippen molar-refractivity contribution in [1.82, 2.24) is 0 Å². The van der Waals surface area contributed by atoms with E-state index in [1.165, 1.54) is 27.6 Å². The van der Waals surface area contributed by atoms with E-state index in [-0.39, 0.29) is 74.1 Å². The fourth-order valence-electron chi connectivity index (χ4n) is 10.7. The second kappa shape index (κ2) is 23.3. The lowest BCUT2D eigenvalue weighted by Crippen LogP contribution is -2.67. The number of aliphatic hydroxyl groups excluding tert-OH is 4. The number of ether oxygens (including phenoxy) is 16. The van der Waals surface area contributed by atoms with E-state index in [1.54, 1.807) is 6.08 Å². The maximum atomic E-state index is 13.0. The molecule has 0 saturated carbocycles. The molecule has 7 rings (SSSR count). The Labute approximate surface area is 405 Å². The van der Waals surface area contributed by atoms with Crippen LogP contribution in [0.25, 0.3) is 0 Å². The highest BCUT2D eigenvalue weighted by atomic mass is 16.8. The molecule has 7 aliphatic rings. The molecule has 7 heterocycles. The van der Waals surface area contributed by atoms with Crippen LogP contribution >= 0.6 is 0 Å². The summed E-state index contributed by atoms with van der Waals surface area (Å²) in [5.41, 5.74) is 0. The van der Waals surface area contributed by atoms with Gasteiger partial charge < -0.3 is 96.2 Å². The zero-order valence-electron chi connectivity index (χ0n) is 45.2. The third kappa shape index (κ3) is 10.8. The average molecular weight is 987 g/mol. The van der Waals surface area contributed by atoms with Crippen molar-refractivity contribution in [3.8, 4) is 0 Å². The van der Waals surface area contributed by atoms with Gasteiger partial charge in [0.2, 0.25) is 5.72 Å². The van der Waals surface area contributed by atoms with Crippen LogP contribution in [0.2, 0.25) is 0 Å². The van der Waals surface area contributed by atoms with Gasteiger partial charge in [-0.05, 0) is 43.6 Å². The molecule has 7 aliphatic heterocycles. The van der Waals surface area contributed by atoms with Gasteiger partial charge in [-0.3, -0.25) is 0 Å². The molecule has 6 fully saturated rings. The largest absolute Gasteiger partial charge is 0.509 e. The lowest BCUT2D eigenvalue weighted by atomic mass is 9.79. The van der Waals surface area contributed by atoms with Gasteiger partial charge in [0.1, 0.15) is 61.0 Å². The van der Waals surface area contributed by atoms with Crippen LogP contribution in [0, 0.1) is 41.4 Å². The van der Waals surface area contributed by atoms with Crippen LogP contribution in [-0.2, 0) is 75.8 Å². The van der Waals surface area contributed by atoms with E-state index in [0.29, 0.717) is 0 Å². The second-order valence-electron chi connectivity index (χ2n) is 19.8. The Kier molecular flexibility index (Phi) is 16.6. The van der Waals surface area contributed by atoms with E-state index in [9.17, 15) is 4.79 Å². The Morgan fingerprint density at radius 2 is 0.926 bits per heavy atom. The van der Waals surface area contributed by atoms with Crippen molar-refractivity contribution >= 4 is 6.16 Å². The molecule has 68 heavy (non-hydrogen) atoms. The van der Waals surface area contributed by atoms with Gasteiger partial charge in [-0.25, -0.2) is 4.79 Å². The van der Waals surface area contributed by atoms with Gasteiger partial charge in [0, 0.05) is 39.1 Å². The summed E-state index contributed by atoms with van der Waals surface area (Å²) in [7, 11) is 4.39. The quantitative estimate of drug-likeness (QED) is 0.120. The molecule has 21 nitrogen and oxygen atoms in total. The molecule has 0 bridgehead atoms. The predicted octanol–water partition coefficient (Wildman–Crippen LogP) is 1.86. The van der Waals surface area contributed by atoms with Crippen LogP contribution in [0.5, 0.6) is 0 Å². The molecule has 0 aromatic carbocycles. The molecule has 0 spiro atoms. The van der Waals surface area contributed by atoms with Gasteiger partial charge in [0.15, 0.2) is 49.8 Å². The first-order valence-electron chi connectivity index (χ1n) is 25.8. The Hall–Kier alpha value is -1.87. The highest BCUT2D eigenvalue weighted by Gasteiger charge is 2.60. The van der Waals surface area contributed by atoms with Crippen LogP contribution in [-0.4, -0.2) is 209 Å². The van der Waals surface area contributed by atoms with Gasteiger partial charge >= 0.3 is 6.16 Å². The van der Waals surface area contributed by atoms with Gasteiger partial charge in [0.05, 0.1) is 51.0 Å². The molecule has 0 radical (unpaired) electrons. The van der Waals surface area contributed by atoms with Crippen molar-refractivity contribution in [2.45, 2.75) is 191 Å². The monoisotopic (exact) mass is 987 g/mol. The molecule has 0 amide bonds. The lowest BCUT2D eigenvalue weighted by Gasteiger charge is -2.52. The minimum atomic E-state index is -1.36.